The Bertz CT molecular complexity index is 283. The molecule has 0 bridgehead atoms. The van der Waals surface area contributed by atoms with Gasteiger partial charge in [0.15, 0.2) is 5.82 Å². The third kappa shape index (κ3) is 2.02. The third-order valence-corrected chi connectivity index (χ3v) is 2.62. The summed E-state index contributed by atoms with van der Waals surface area (Å²) >= 11 is 6.06. The molecule has 13 heavy (non-hydrogen) atoms. The predicted octanol–water partition coefficient (Wildman–Crippen LogP) is 3.03. The molecular formula is C9H13ClN2O. The van der Waals surface area contributed by atoms with Gasteiger partial charge in [0.05, 0.1) is 5.38 Å². The number of hydrogen-bond acceptors (Lipinski definition) is 3. The number of hydrogen-bond donors (Lipinski definition) is 0. The van der Waals surface area contributed by atoms with E-state index < -0.39 is 0 Å². The van der Waals surface area contributed by atoms with Crippen LogP contribution in [-0.2, 0) is 0 Å². The van der Waals surface area contributed by atoms with Crippen LogP contribution in [0.15, 0.2) is 4.52 Å². The van der Waals surface area contributed by atoms with Gasteiger partial charge in [0.1, 0.15) is 0 Å². The van der Waals surface area contributed by atoms with E-state index in [1.807, 2.05) is 0 Å². The smallest absolute Gasteiger partial charge is 0.229 e. The summed E-state index contributed by atoms with van der Waals surface area (Å²) in [5, 5.41) is 3.80. The van der Waals surface area contributed by atoms with Crippen LogP contribution in [0.3, 0.4) is 0 Å². The number of nitrogens with zero attached hydrogens (tertiary/aromatic N) is 2. The van der Waals surface area contributed by atoms with E-state index in [0.717, 1.165) is 18.7 Å². The molecule has 1 aromatic heterocycles. The van der Waals surface area contributed by atoms with Gasteiger partial charge in [0.2, 0.25) is 5.89 Å². The van der Waals surface area contributed by atoms with Gasteiger partial charge >= 0.3 is 0 Å². The van der Waals surface area contributed by atoms with Crippen LogP contribution in [0.4, 0.5) is 0 Å². The van der Waals surface area contributed by atoms with Crippen LogP contribution < -0.4 is 0 Å². The molecule has 0 amide bonds. The molecule has 0 aliphatic heterocycles. The highest BCUT2D eigenvalue weighted by molar-refractivity contribution is 6.20. The quantitative estimate of drug-likeness (QED) is 0.702. The van der Waals surface area contributed by atoms with Crippen molar-refractivity contribution in [1.29, 1.82) is 0 Å². The summed E-state index contributed by atoms with van der Waals surface area (Å²) in [4.78, 5) is 4.28. The minimum Gasteiger partial charge on any atom is -0.339 e. The molecule has 72 valence electrons. The molecule has 1 aliphatic rings. The van der Waals surface area contributed by atoms with E-state index in [4.69, 9.17) is 16.1 Å². The Labute approximate surface area is 82.5 Å². The van der Waals surface area contributed by atoms with Crippen molar-refractivity contribution in [3.8, 4) is 0 Å². The maximum Gasteiger partial charge on any atom is 0.229 e. The monoisotopic (exact) mass is 200 g/mol. The number of halogens is 1. The number of rotatable bonds is 4. The number of aromatic nitrogens is 2. The molecule has 1 unspecified atom stereocenters. The van der Waals surface area contributed by atoms with E-state index >= 15 is 0 Å². The van der Waals surface area contributed by atoms with Gasteiger partial charge in [-0.05, 0) is 19.3 Å². The SMILES string of the molecule is CCCC(Cl)c1noc(C2CC2)n1. The lowest BCUT2D eigenvalue weighted by atomic mass is 10.2. The highest BCUT2D eigenvalue weighted by Gasteiger charge is 2.30. The maximum atomic E-state index is 6.06. The first-order valence-corrected chi connectivity index (χ1v) is 5.22. The van der Waals surface area contributed by atoms with Crippen LogP contribution in [0.5, 0.6) is 0 Å². The second kappa shape index (κ2) is 3.66. The lowest BCUT2D eigenvalue weighted by Crippen LogP contribution is -1.92. The van der Waals surface area contributed by atoms with Crippen molar-refractivity contribution >= 4 is 11.6 Å². The molecule has 0 N–H and O–H groups in total. The van der Waals surface area contributed by atoms with Crippen LogP contribution in [-0.4, -0.2) is 10.1 Å². The Morgan fingerprint density at radius 2 is 2.38 bits per heavy atom. The zero-order valence-electron chi connectivity index (χ0n) is 7.66. The first-order chi connectivity index (χ1) is 6.31. The van der Waals surface area contributed by atoms with E-state index in [9.17, 15) is 0 Å². The fourth-order valence-corrected chi connectivity index (χ4v) is 1.56. The topological polar surface area (TPSA) is 38.9 Å². The second-order valence-corrected chi connectivity index (χ2v) is 4.05. The van der Waals surface area contributed by atoms with Gasteiger partial charge in [0, 0.05) is 5.92 Å². The molecule has 3 nitrogen and oxygen atoms in total. The molecule has 2 rings (SSSR count). The summed E-state index contributed by atoms with van der Waals surface area (Å²) in [6, 6.07) is 0. The molecule has 1 saturated carbocycles. The molecule has 0 aromatic carbocycles. The van der Waals surface area contributed by atoms with Gasteiger partial charge in [-0.15, -0.1) is 11.6 Å². The van der Waals surface area contributed by atoms with Crippen molar-refractivity contribution in [3.63, 3.8) is 0 Å². The van der Waals surface area contributed by atoms with Crippen LogP contribution in [0.2, 0.25) is 0 Å². The summed E-state index contributed by atoms with van der Waals surface area (Å²) in [6.45, 7) is 2.09. The molecule has 0 saturated heterocycles. The lowest BCUT2D eigenvalue weighted by Gasteiger charge is -1.99. The molecule has 0 radical (unpaired) electrons. The Kier molecular flexibility index (Phi) is 2.54. The van der Waals surface area contributed by atoms with Crippen molar-refractivity contribution in [3.05, 3.63) is 11.7 Å². The first kappa shape index (κ1) is 9.00. The average molecular weight is 201 g/mol. The van der Waals surface area contributed by atoms with Crippen LogP contribution in [0, 0.1) is 0 Å². The van der Waals surface area contributed by atoms with Crippen molar-refractivity contribution in [2.24, 2.45) is 0 Å². The van der Waals surface area contributed by atoms with Gasteiger partial charge < -0.3 is 4.52 Å². The average Bonchev–Trinajstić information content (AvgIpc) is 2.84. The molecule has 1 aliphatic carbocycles. The van der Waals surface area contributed by atoms with Gasteiger partial charge in [-0.2, -0.15) is 4.98 Å². The fraction of sp³-hybridized carbons (Fsp3) is 0.778. The molecule has 0 spiro atoms. The Hall–Kier alpha value is -0.570. The van der Waals surface area contributed by atoms with E-state index in [-0.39, 0.29) is 5.38 Å². The van der Waals surface area contributed by atoms with E-state index in [1.54, 1.807) is 0 Å². The van der Waals surface area contributed by atoms with Crippen molar-refractivity contribution in [2.45, 2.75) is 43.9 Å². The van der Waals surface area contributed by atoms with E-state index in [2.05, 4.69) is 17.1 Å². The summed E-state index contributed by atoms with van der Waals surface area (Å²) in [5.41, 5.74) is 0. The number of alkyl halides is 1. The summed E-state index contributed by atoms with van der Waals surface area (Å²) in [5.74, 6) is 1.95. The van der Waals surface area contributed by atoms with Crippen molar-refractivity contribution in [2.75, 3.05) is 0 Å². The Morgan fingerprint density at radius 1 is 1.62 bits per heavy atom. The van der Waals surface area contributed by atoms with Crippen LogP contribution >= 0.6 is 11.6 Å². The molecule has 1 aromatic rings. The molecule has 1 fully saturated rings. The fourth-order valence-electron chi connectivity index (χ4n) is 1.25. The normalized spacial score (nSPS) is 18.9. The molecule has 1 atom stereocenters. The minimum absolute atomic E-state index is 0.0822. The highest BCUT2D eigenvalue weighted by Crippen LogP contribution is 2.39. The van der Waals surface area contributed by atoms with Gasteiger partial charge in [-0.3, -0.25) is 0 Å². The zero-order valence-corrected chi connectivity index (χ0v) is 8.42. The summed E-state index contributed by atoms with van der Waals surface area (Å²) in [6.07, 6.45) is 4.32. The highest BCUT2D eigenvalue weighted by atomic mass is 35.5. The molecule has 4 heteroatoms. The lowest BCUT2D eigenvalue weighted by molar-refractivity contribution is 0.373. The predicted molar refractivity (Wildman–Crippen MR) is 49.8 cm³/mol. The summed E-state index contributed by atoms with van der Waals surface area (Å²) < 4.78 is 5.11. The first-order valence-electron chi connectivity index (χ1n) is 4.78. The largest absolute Gasteiger partial charge is 0.339 e. The third-order valence-electron chi connectivity index (χ3n) is 2.21. The van der Waals surface area contributed by atoms with Crippen molar-refractivity contribution < 1.29 is 4.52 Å². The Balaban J connectivity index is 2.03. The van der Waals surface area contributed by atoms with Gasteiger partial charge in [0.25, 0.3) is 0 Å². The maximum absolute atomic E-state index is 6.06. The molecule has 1 heterocycles. The molecular weight excluding hydrogens is 188 g/mol. The van der Waals surface area contributed by atoms with Gasteiger partial charge in [-0.1, -0.05) is 18.5 Å². The van der Waals surface area contributed by atoms with E-state index in [0.29, 0.717) is 11.7 Å². The van der Waals surface area contributed by atoms with Crippen molar-refractivity contribution in [1.82, 2.24) is 10.1 Å². The minimum atomic E-state index is -0.0822. The second-order valence-electron chi connectivity index (χ2n) is 3.52. The summed E-state index contributed by atoms with van der Waals surface area (Å²) in [7, 11) is 0. The van der Waals surface area contributed by atoms with Gasteiger partial charge in [-0.25, -0.2) is 0 Å². The van der Waals surface area contributed by atoms with Crippen LogP contribution in [0.25, 0.3) is 0 Å². The standard InChI is InChI=1S/C9H13ClN2O/c1-2-3-7(10)8-11-9(13-12-8)6-4-5-6/h6-7H,2-5H2,1H3. The zero-order chi connectivity index (χ0) is 9.26. The van der Waals surface area contributed by atoms with E-state index in [1.165, 1.54) is 12.8 Å². The Morgan fingerprint density at radius 3 is 3.00 bits per heavy atom. The van der Waals surface area contributed by atoms with Crippen LogP contribution in [0.1, 0.15) is 55.6 Å².